The number of thiophene rings is 1. The zero-order valence-corrected chi connectivity index (χ0v) is 19.1. The summed E-state index contributed by atoms with van der Waals surface area (Å²) >= 11 is 9.81. The molecular formula is C16H23ClN6O2S3. The molecule has 2 heterocycles. The summed E-state index contributed by atoms with van der Waals surface area (Å²) in [5, 5.41) is 8.90. The molecule has 2 rings (SSSR count). The fourth-order valence-electron chi connectivity index (χ4n) is 2.25. The highest BCUT2D eigenvalue weighted by atomic mass is 35.5. The van der Waals surface area contributed by atoms with E-state index in [1.807, 2.05) is 26.0 Å². The van der Waals surface area contributed by atoms with Crippen LogP contribution in [0.5, 0.6) is 0 Å². The normalized spacial score (nSPS) is 10.9. The van der Waals surface area contributed by atoms with E-state index < -0.39 is 0 Å². The Labute approximate surface area is 181 Å². The third kappa shape index (κ3) is 6.29. The van der Waals surface area contributed by atoms with E-state index in [0.29, 0.717) is 34.3 Å². The van der Waals surface area contributed by atoms with Crippen LogP contribution in [0.25, 0.3) is 0 Å². The second-order valence-electron chi connectivity index (χ2n) is 5.73. The standard InChI is InChI=1S/C16H23ClN6O2S3/c1-4-22(5-2)14(25)10-27-16-20-19-15(23(16)18)26-9-13(24)21(3)8-11-6-7-12(17)28-11/h6-7H,4-5,8-10,18H2,1-3H3. The highest BCUT2D eigenvalue weighted by Gasteiger charge is 2.17. The van der Waals surface area contributed by atoms with Crippen molar-refractivity contribution in [2.24, 2.45) is 0 Å². The molecule has 2 N–H and O–H groups in total. The Morgan fingerprint density at radius 1 is 1.14 bits per heavy atom. The van der Waals surface area contributed by atoms with Gasteiger partial charge in [-0.3, -0.25) is 9.59 Å². The highest BCUT2D eigenvalue weighted by molar-refractivity contribution is 8.00. The first-order valence-corrected chi connectivity index (χ1v) is 11.7. The quantitative estimate of drug-likeness (QED) is 0.427. The van der Waals surface area contributed by atoms with Crippen LogP contribution in [0.2, 0.25) is 4.34 Å². The van der Waals surface area contributed by atoms with Gasteiger partial charge >= 0.3 is 0 Å². The fraction of sp³-hybridized carbons (Fsp3) is 0.500. The molecule has 2 amide bonds. The molecule has 0 aliphatic heterocycles. The van der Waals surface area contributed by atoms with Gasteiger partial charge in [0.05, 0.1) is 22.4 Å². The maximum Gasteiger partial charge on any atom is 0.233 e. The Morgan fingerprint density at radius 3 is 2.21 bits per heavy atom. The van der Waals surface area contributed by atoms with Crippen molar-refractivity contribution in [3.8, 4) is 0 Å². The van der Waals surface area contributed by atoms with Gasteiger partial charge in [-0.1, -0.05) is 35.1 Å². The first kappa shape index (κ1) is 22.9. The predicted molar refractivity (Wildman–Crippen MR) is 115 cm³/mol. The molecule has 0 aliphatic rings. The Hall–Kier alpha value is -1.43. The third-order valence-electron chi connectivity index (χ3n) is 3.85. The number of aromatic nitrogens is 3. The van der Waals surface area contributed by atoms with Crippen LogP contribution in [0.4, 0.5) is 0 Å². The van der Waals surface area contributed by atoms with Crippen molar-refractivity contribution in [3.63, 3.8) is 0 Å². The molecule has 28 heavy (non-hydrogen) atoms. The average Bonchev–Trinajstić information content (AvgIpc) is 3.24. The van der Waals surface area contributed by atoms with Crippen LogP contribution in [-0.2, 0) is 16.1 Å². The predicted octanol–water partition coefficient (Wildman–Crippen LogP) is 2.42. The number of hydrogen-bond acceptors (Lipinski definition) is 8. The van der Waals surface area contributed by atoms with Gasteiger partial charge in [-0.15, -0.1) is 21.5 Å². The third-order valence-corrected chi connectivity index (χ3v) is 6.92. The van der Waals surface area contributed by atoms with E-state index in [0.717, 1.165) is 4.88 Å². The number of rotatable bonds is 10. The first-order chi connectivity index (χ1) is 13.3. The zero-order chi connectivity index (χ0) is 20.7. The molecule has 0 atom stereocenters. The second kappa shape index (κ2) is 10.9. The van der Waals surface area contributed by atoms with Crippen LogP contribution in [0.15, 0.2) is 22.4 Å². The molecule has 0 unspecified atom stereocenters. The summed E-state index contributed by atoms with van der Waals surface area (Å²) in [7, 11) is 1.74. The topological polar surface area (TPSA) is 97.4 Å². The molecule has 0 bridgehead atoms. The van der Waals surface area contributed by atoms with E-state index in [1.165, 1.54) is 39.5 Å². The lowest BCUT2D eigenvalue weighted by molar-refractivity contribution is -0.128. The summed E-state index contributed by atoms with van der Waals surface area (Å²) in [5.74, 6) is 6.41. The number of carbonyl (C=O) groups excluding carboxylic acids is 2. The van der Waals surface area contributed by atoms with Gasteiger partial charge < -0.3 is 15.6 Å². The minimum Gasteiger partial charge on any atom is -0.343 e. The Kier molecular flexibility index (Phi) is 8.93. The van der Waals surface area contributed by atoms with Crippen molar-refractivity contribution in [1.82, 2.24) is 24.7 Å². The van der Waals surface area contributed by atoms with E-state index in [9.17, 15) is 9.59 Å². The molecule has 2 aromatic rings. The number of halogens is 1. The molecule has 8 nitrogen and oxygen atoms in total. The minimum absolute atomic E-state index is 0.0256. The molecule has 12 heteroatoms. The number of nitrogens with zero attached hydrogens (tertiary/aromatic N) is 5. The maximum absolute atomic E-state index is 12.3. The van der Waals surface area contributed by atoms with Crippen LogP contribution >= 0.6 is 46.5 Å². The molecule has 0 saturated carbocycles. The fourth-order valence-corrected chi connectivity index (χ4v) is 5.00. The van der Waals surface area contributed by atoms with Gasteiger partial charge in [-0.05, 0) is 26.0 Å². The van der Waals surface area contributed by atoms with Crippen molar-refractivity contribution in [2.45, 2.75) is 30.7 Å². The zero-order valence-electron chi connectivity index (χ0n) is 15.9. The minimum atomic E-state index is -0.0524. The molecule has 0 radical (unpaired) electrons. The number of carbonyl (C=O) groups is 2. The molecule has 0 fully saturated rings. The van der Waals surface area contributed by atoms with Crippen molar-refractivity contribution in [3.05, 3.63) is 21.3 Å². The van der Waals surface area contributed by atoms with Crippen LogP contribution < -0.4 is 5.84 Å². The number of amides is 2. The van der Waals surface area contributed by atoms with Crippen molar-refractivity contribution < 1.29 is 9.59 Å². The largest absolute Gasteiger partial charge is 0.343 e. The van der Waals surface area contributed by atoms with E-state index >= 15 is 0 Å². The molecule has 0 aliphatic carbocycles. The Morgan fingerprint density at radius 2 is 1.71 bits per heavy atom. The van der Waals surface area contributed by atoms with Crippen molar-refractivity contribution >= 4 is 58.3 Å². The van der Waals surface area contributed by atoms with Crippen LogP contribution in [0, 0.1) is 0 Å². The summed E-state index contributed by atoms with van der Waals surface area (Å²) in [5.41, 5.74) is 0. The molecule has 0 spiro atoms. The van der Waals surface area contributed by atoms with E-state index in [4.69, 9.17) is 17.4 Å². The average molecular weight is 463 g/mol. The number of nitrogens with two attached hydrogens (primary N) is 1. The Balaban J connectivity index is 1.84. The molecule has 154 valence electrons. The molecule has 2 aromatic heterocycles. The van der Waals surface area contributed by atoms with Crippen molar-refractivity contribution in [2.75, 3.05) is 37.5 Å². The highest BCUT2D eigenvalue weighted by Crippen LogP contribution is 2.24. The van der Waals surface area contributed by atoms with E-state index in [1.54, 1.807) is 16.8 Å². The van der Waals surface area contributed by atoms with E-state index in [2.05, 4.69) is 10.2 Å². The van der Waals surface area contributed by atoms with Gasteiger partial charge in [-0.25, -0.2) is 4.68 Å². The van der Waals surface area contributed by atoms with Gasteiger partial charge in [0.15, 0.2) is 0 Å². The first-order valence-electron chi connectivity index (χ1n) is 8.57. The Bertz CT molecular complexity index is 808. The summed E-state index contributed by atoms with van der Waals surface area (Å²) in [6, 6.07) is 3.72. The van der Waals surface area contributed by atoms with E-state index in [-0.39, 0.29) is 23.3 Å². The second-order valence-corrected chi connectivity index (χ2v) is 9.42. The number of nitrogen functional groups attached to an aromatic ring is 1. The summed E-state index contributed by atoms with van der Waals surface area (Å²) < 4.78 is 2.02. The number of hydrogen-bond donors (Lipinski definition) is 1. The summed E-state index contributed by atoms with van der Waals surface area (Å²) in [4.78, 5) is 28.8. The van der Waals surface area contributed by atoms with Crippen LogP contribution in [0.1, 0.15) is 18.7 Å². The van der Waals surface area contributed by atoms with Gasteiger partial charge in [-0.2, -0.15) is 0 Å². The van der Waals surface area contributed by atoms with Gasteiger partial charge in [0.2, 0.25) is 22.1 Å². The van der Waals surface area contributed by atoms with Gasteiger partial charge in [0, 0.05) is 25.0 Å². The molecular weight excluding hydrogens is 440 g/mol. The SMILES string of the molecule is CCN(CC)C(=O)CSc1nnc(SCC(=O)N(C)Cc2ccc(Cl)s2)n1N. The monoisotopic (exact) mass is 462 g/mol. The lowest BCUT2D eigenvalue weighted by atomic mass is 10.4. The van der Waals surface area contributed by atoms with Gasteiger partial charge in [0.1, 0.15) is 0 Å². The maximum atomic E-state index is 12.3. The molecule has 0 saturated heterocycles. The summed E-state index contributed by atoms with van der Waals surface area (Å²) in [6.07, 6.45) is 0. The van der Waals surface area contributed by atoms with Gasteiger partial charge in [0.25, 0.3) is 0 Å². The summed E-state index contributed by atoms with van der Waals surface area (Å²) in [6.45, 7) is 5.71. The number of thioether (sulfide) groups is 2. The lowest BCUT2D eigenvalue weighted by Gasteiger charge is -2.17. The smallest absolute Gasteiger partial charge is 0.233 e. The lowest BCUT2D eigenvalue weighted by Crippen LogP contribution is -2.32. The van der Waals surface area contributed by atoms with Crippen molar-refractivity contribution in [1.29, 1.82) is 0 Å². The van der Waals surface area contributed by atoms with Crippen LogP contribution in [-0.4, -0.2) is 68.1 Å². The van der Waals surface area contributed by atoms with Crippen LogP contribution in [0.3, 0.4) is 0 Å². The molecule has 0 aromatic carbocycles.